The van der Waals surface area contributed by atoms with E-state index in [9.17, 15) is 9.59 Å². The second-order valence-corrected chi connectivity index (χ2v) is 5.51. The Morgan fingerprint density at radius 1 is 1.43 bits per heavy atom. The van der Waals surface area contributed by atoms with Gasteiger partial charge in [-0.05, 0) is 38.0 Å². The van der Waals surface area contributed by atoms with Crippen molar-refractivity contribution in [2.24, 2.45) is 0 Å². The van der Waals surface area contributed by atoms with E-state index in [-0.39, 0.29) is 5.91 Å². The second-order valence-electron chi connectivity index (χ2n) is 4.59. The number of carboxylic acids is 1. The van der Waals surface area contributed by atoms with E-state index in [2.05, 4.69) is 21.2 Å². The third-order valence-corrected chi connectivity index (χ3v) is 3.58. The maximum atomic E-state index is 12.2. The molecule has 2 atom stereocenters. The van der Waals surface area contributed by atoms with Gasteiger partial charge in [0.1, 0.15) is 11.9 Å². The molecule has 1 aliphatic rings. The highest BCUT2D eigenvalue weighted by atomic mass is 79.9. The molecule has 0 spiro atoms. The number of ether oxygens (including phenoxy) is 2. The quantitative estimate of drug-likeness (QED) is 0.845. The monoisotopic (exact) mass is 357 g/mol. The van der Waals surface area contributed by atoms with Crippen molar-refractivity contribution >= 4 is 33.5 Å². The van der Waals surface area contributed by atoms with E-state index in [1.165, 1.54) is 0 Å². The van der Waals surface area contributed by atoms with E-state index in [1.807, 2.05) is 13.0 Å². The summed E-state index contributed by atoms with van der Waals surface area (Å²) >= 11 is 3.33. The number of carbonyl (C=O) groups is 2. The van der Waals surface area contributed by atoms with Gasteiger partial charge in [0.25, 0.3) is 5.91 Å². The molecule has 1 aromatic carbocycles. The first kappa shape index (κ1) is 15.8. The molecule has 0 aliphatic carbocycles. The smallest absolute Gasteiger partial charge is 0.332 e. The first-order valence-electron chi connectivity index (χ1n) is 6.62. The Balaban J connectivity index is 2.06. The Hall–Kier alpha value is -1.60. The third kappa shape index (κ3) is 3.95. The van der Waals surface area contributed by atoms with E-state index < -0.39 is 18.2 Å². The molecule has 0 radical (unpaired) electrons. The first-order chi connectivity index (χ1) is 10.0. The number of nitrogens with one attached hydrogen (secondary N) is 1. The fourth-order valence-electron chi connectivity index (χ4n) is 2.11. The zero-order valence-electron chi connectivity index (χ0n) is 11.5. The lowest BCUT2D eigenvalue weighted by Gasteiger charge is -2.15. The van der Waals surface area contributed by atoms with E-state index >= 15 is 0 Å². The Bertz CT molecular complexity index is 548. The largest absolute Gasteiger partial charge is 0.492 e. The van der Waals surface area contributed by atoms with E-state index in [0.29, 0.717) is 30.9 Å². The van der Waals surface area contributed by atoms with Crippen LogP contribution in [0.5, 0.6) is 5.75 Å². The van der Waals surface area contributed by atoms with Gasteiger partial charge < -0.3 is 19.9 Å². The van der Waals surface area contributed by atoms with E-state index in [1.54, 1.807) is 12.1 Å². The molecule has 21 heavy (non-hydrogen) atoms. The van der Waals surface area contributed by atoms with Crippen LogP contribution in [-0.2, 0) is 14.3 Å². The van der Waals surface area contributed by atoms with Crippen LogP contribution in [-0.4, -0.2) is 35.8 Å². The van der Waals surface area contributed by atoms with Crippen molar-refractivity contribution in [2.45, 2.75) is 32.0 Å². The van der Waals surface area contributed by atoms with Crippen molar-refractivity contribution in [2.75, 3.05) is 11.9 Å². The maximum Gasteiger partial charge on any atom is 0.332 e. The minimum atomic E-state index is -1.04. The minimum absolute atomic E-state index is 0.338. The molecule has 1 aliphatic heterocycles. The molecule has 6 nitrogen and oxygen atoms in total. The number of rotatable bonds is 5. The SMILES string of the molecule is CCOc1ccc(Br)cc1NC(=O)[C@@H]1CC[C@H](C(=O)O)O1. The van der Waals surface area contributed by atoms with Crippen LogP contribution < -0.4 is 10.1 Å². The highest BCUT2D eigenvalue weighted by Gasteiger charge is 2.34. The van der Waals surface area contributed by atoms with Gasteiger partial charge in [0, 0.05) is 4.47 Å². The number of halogens is 1. The molecular formula is C14H16BrNO5. The molecule has 1 amide bonds. The Kier molecular flexibility index (Phi) is 5.19. The van der Waals surface area contributed by atoms with Crippen LogP contribution in [0.3, 0.4) is 0 Å². The van der Waals surface area contributed by atoms with Crippen molar-refractivity contribution in [3.8, 4) is 5.75 Å². The zero-order chi connectivity index (χ0) is 15.4. The molecule has 1 saturated heterocycles. The molecule has 0 saturated carbocycles. The fraction of sp³-hybridized carbons (Fsp3) is 0.429. The molecule has 114 valence electrons. The van der Waals surface area contributed by atoms with Crippen LogP contribution in [0.25, 0.3) is 0 Å². The average Bonchev–Trinajstić information content (AvgIpc) is 2.92. The number of carbonyl (C=O) groups excluding carboxylic acids is 1. The van der Waals surface area contributed by atoms with Crippen molar-refractivity contribution < 1.29 is 24.2 Å². The maximum absolute atomic E-state index is 12.2. The summed E-state index contributed by atoms with van der Waals surface area (Å²) in [6, 6.07) is 5.29. The fourth-order valence-corrected chi connectivity index (χ4v) is 2.47. The summed E-state index contributed by atoms with van der Waals surface area (Å²) in [5.74, 6) is -0.845. The molecule has 0 aromatic heterocycles. The third-order valence-electron chi connectivity index (χ3n) is 3.09. The highest BCUT2D eigenvalue weighted by Crippen LogP contribution is 2.29. The number of hydrogen-bond acceptors (Lipinski definition) is 4. The predicted molar refractivity (Wildman–Crippen MR) is 79.5 cm³/mol. The number of anilines is 1. The highest BCUT2D eigenvalue weighted by molar-refractivity contribution is 9.10. The Morgan fingerprint density at radius 2 is 2.14 bits per heavy atom. The van der Waals surface area contributed by atoms with Crippen LogP contribution >= 0.6 is 15.9 Å². The summed E-state index contributed by atoms with van der Waals surface area (Å²) < 4.78 is 11.5. The molecule has 2 rings (SSSR count). The van der Waals surface area contributed by atoms with Crippen molar-refractivity contribution in [1.82, 2.24) is 0 Å². The summed E-state index contributed by atoms with van der Waals surface area (Å²) in [7, 11) is 0. The standard InChI is InChI=1S/C14H16BrNO5/c1-2-20-10-4-3-8(15)7-9(10)16-13(17)11-5-6-12(21-11)14(18)19/h3-4,7,11-12H,2,5-6H2,1H3,(H,16,17)(H,18,19)/t11-,12+/m0/s1. The van der Waals surface area contributed by atoms with E-state index in [4.69, 9.17) is 14.6 Å². The van der Waals surface area contributed by atoms with Gasteiger partial charge in [0.15, 0.2) is 6.10 Å². The zero-order valence-corrected chi connectivity index (χ0v) is 13.1. The molecule has 7 heteroatoms. The summed E-state index contributed by atoms with van der Waals surface area (Å²) in [6.45, 7) is 2.33. The van der Waals surface area contributed by atoms with Crippen LogP contribution in [0.2, 0.25) is 0 Å². The lowest BCUT2D eigenvalue weighted by molar-refractivity contribution is -0.150. The number of benzene rings is 1. The molecule has 1 aromatic rings. The van der Waals surface area contributed by atoms with Gasteiger partial charge in [0.05, 0.1) is 12.3 Å². The van der Waals surface area contributed by atoms with Crippen LogP contribution in [0, 0.1) is 0 Å². The van der Waals surface area contributed by atoms with Gasteiger partial charge in [-0.1, -0.05) is 15.9 Å². The summed E-state index contributed by atoms with van der Waals surface area (Å²) in [4.78, 5) is 23.0. The lowest BCUT2D eigenvalue weighted by Crippen LogP contribution is -2.30. The number of hydrogen-bond donors (Lipinski definition) is 2. The molecule has 1 fully saturated rings. The van der Waals surface area contributed by atoms with Crippen molar-refractivity contribution in [1.29, 1.82) is 0 Å². The van der Waals surface area contributed by atoms with Gasteiger partial charge in [-0.3, -0.25) is 4.79 Å². The molecule has 1 heterocycles. The number of aliphatic carboxylic acids is 1. The molecule has 2 N–H and O–H groups in total. The minimum Gasteiger partial charge on any atom is -0.492 e. The van der Waals surface area contributed by atoms with Crippen LogP contribution in [0.1, 0.15) is 19.8 Å². The van der Waals surface area contributed by atoms with Crippen LogP contribution in [0.15, 0.2) is 22.7 Å². The number of amides is 1. The van der Waals surface area contributed by atoms with Crippen molar-refractivity contribution in [3.05, 3.63) is 22.7 Å². The summed E-state index contributed by atoms with van der Waals surface area (Å²) in [5.41, 5.74) is 0.526. The molecule has 0 bridgehead atoms. The molecule has 0 unspecified atom stereocenters. The molecular weight excluding hydrogens is 342 g/mol. The normalized spacial score (nSPS) is 21.0. The number of carboxylic acid groups (broad SMARTS) is 1. The Labute approximate surface area is 130 Å². The average molecular weight is 358 g/mol. The summed E-state index contributed by atoms with van der Waals surface area (Å²) in [5, 5.41) is 11.6. The van der Waals surface area contributed by atoms with Crippen LogP contribution in [0.4, 0.5) is 5.69 Å². The van der Waals surface area contributed by atoms with Gasteiger partial charge in [-0.15, -0.1) is 0 Å². The predicted octanol–water partition coefficient (Wildman–Crippen LogP) is 2.42. The van der Waals surface area contributed by atoms with Gasteiger partial charge in [-0.25, -0.2) is 4.79 Å². The first-order valence-corrected chi connectivity index (χ1v) is 7.42. The van der Waals surface area contributed by atoms with Gasteiger partial charge >= 0.3 is 5.97 Å². The lowest BCUT2D eigenvalue weighted by atomic mass is 10.2. The van der Waals surface area contributed by atoms with Crippen molar-refractivity contribution in [3.63, 3.8) is 0 Å². The Morgan fingerprint density at radius 3 is 2.76 bits per heavy atom. The summed E-state index contributed by atoms with van der Waals surface area (Å²) in [6.07, 6.45) is -0.931. The second kappa shape index (κ2) is 6.91. The van der Waals surface area contributed by atoms with Gasteiger partial charge in [0.2, 0.25) is 0 Å². The topological polar surface area (TPSA) is 84.9 Å². The van der Waals surface area contributed by atoms with Gasteiger partial charge in [-0.2, -0.15) is 0 Å². The van der Waals surface area contributed by atoms with E-state index in [0.717, 1.165) is 4.47 Å².